The topological polar surface area (TPSA) is 180 Å². The third-order valence-electron chi connectivity index (χ3n) is 6.46. The summed E-state index contributed by atoms with van der Waals surface area (Å²) in [6, 6.07) is 5.23. The number of phenolic OH excluding ortho intramolecular Hbond substituents is 1. The second kappa shape index (κ2) is 10.6. The fraction of sp³-hybridized carbons (Fsp3) is 0.423. The highest BCUT2D eigenvalue weighted by Gasteiger charge is 2.44. The SMILES string of the molecule is CC(=O)Oc1ccc2c(c1)C(=O)c1cc(O[C@H]3O[C@H](C)[C@@H](O)[C@@H](O)[C@H]3O)c(CCCCO)c(O)c1C2=O. The number of esters is 1. The first-order valence-electron chi connectivity index (χ1n) is 11.8. The average Bonchev–Trinajstić information content (AvgIpc) is 2.85. The number of benzene rings is 2. The van der Waals surface area contributed by atoms with E-state index in [0.29, 0.717) is 12.8 Å². The minimum atomic E-state index is -1.65. The lowest BCUT2D eigenvalue weighted by Crippen LogP contribution is -2.58. The smallest absolute Gasteiger partial charge is 0.308 e. The number of carbonyl (C=O) groups is 3. The second-order valence-corrected chi connectivity index (χ2v) is 9.06. The van der Waals surface area contributed by atoms with Gasteiger partial charge in [-0.3, -0.25) is 14.4 Å². The molecule has 1 fully saturated rings. The molecule has 0 aromatic heterocycles. The van der Waals surface area contributed by atoms with E-state index in [2.05, 4.69) is 0 Å². The van der Waals surface area contributed by atoms with Crippen LogP contribution in [-0.4, -0.2) is 80.4 Å². The van der Waals surface area contributed by atoms with E-state index in [1.807, 2.05) is 0 Å². The molecule has 0 unspecified atom stereocenters. The van der Waals surface area contributed by atoms with Crippen molar-refractivity contribution in [1.29, 1.82) is 0 Å². The molecule has 5 N–H and O–H groups in total. The molecule has 37 heavy (non-hydrogen) atoms. The summed E-state index contributed by atoms with van der Waals surface area (Å²) >= 11 is 0. The first kappa shape index (κ1) is 26.7. The van der Waals surface area contributed by atoms with Crippen molar-refractivity contribution in [2.45, 2.75) is 63.8 Å². The van der Waals surface area contributed by atoms with Gasteiger partial charge in [-0.1, -0.05) is 0 Å². The van der Waals surface area contributed by atoms with Crippen LogP contribution in [0.4, 0.5) is 0 Å². The van der Waals surface area contributed by atoms with Crippen molar-refractivity contribution >= 4 is 17.5 Å². The van der Waals surface area contributed by atoms with Crippen LogP contribution in [0.25, 0.3) is 0 Å². The number of fused-ring (bicyclic) bond motifs is 2. The van der Waals surface area contributed by atoms with Crippen molar-refractivity contribution in [2.24, 2.45) is 0 Å². The van der Waals surface area contributed by atoms with Crippen LogP contribution in [0.1, 0.15) is 64.1 Å². The maximum atomic E-state index is 13.4. The van der Waals surface area contributed by atoms with Crippen molar-refractivity contribution in [2.75, 3.05) is 6.61 Å². The molecular weight excluding hydrogens is 488 g/mol. The molecule has 1 aliphatic carbocycles. The zero-order chi connectivity index (χ0) is 27.0. The largest absolute Gasteiger partial charge is 0.507 e. The minimum Gasteiger partial charge on any atom is -0.507 e. The Morgan fingerprint density at radius 1 is 0.973 bits per heavy atom. The average molecular weight is 516 g/mol. The highest BCUT2D eigenvalue weighted by Crippen LogP contribution is 2.42. The summed E-state index contributed by atoms with van der Waals surface area (Å²) in [5.41, 5.74) is -0.253. The van der Waals surface area contributed by atoms with Gasteiger partial charge in [0, 0.05) is 35.8 Å². The second-order valence-electron chi connectivity index (χ2n) is 9.06. The van der Waals surface area contributed by atoms with E-state index in [1.54, 1.807) is 0 Å². The molecule has 0 amide bonds. The zero-order valence-electron chi connectivity index (χ0n) is 20.2. The van der Waals surface area contributed by atoms with Gasteiger partial charge < -0.3 is 39.7 Å². The molecule has 2 aliphatic rings. The zero-order valence-corrected chi connectivity index (χ0v) is 20.2. The Kier molecular flexibility index (Phi) is 7.62. The highest BCUT2D eigenvalue weighted by molar-refractivity contribution is 6.29. The molecule has 0 radical (unpaired) electrons. The maximum Gasteiger partial charge on any atom is 0.308 e. The number of rotatable bonds is 7. The fourth-order valence-corrected chi connectivity index (χ4v) is 4.51. The van der Waals surface area contributed by atoms with Gasteiger partial charge in [0.1, 0.15) is 35.6 Å². The van der Waals surface area contributed by atoms with Crippen LogP contribution in [0, 0.1) is 0 Å². The highest BCUT2D eigenvalue weighted by atomic mass is 16.7. The van der Waals surface area contributed by atoms with Crippen LogP contribution >= 0.6 is 0 Å². The van der Waals surface area contributed by atoms with Crippen LogP contribution in [0.3, 0.4) is 0 Å². The molecule has 5 atom stereocenters. The first-order valence-corrected chi connectivity index (χ1v) is 11.8. The van der Waals surface area contributed by atoms with E-state index in [9.17, 15) is 39.9 Å². The third-order valence-corrected chi connectivity index (χ3v) is 6.46. The Morgan fingerprint density at radius 3 is 2.38 bits per heavy atom. The standard InChI is InChI=1S/C26H28O11/c1-11-20(29)24(33)25(34)26(35-11)37-18-10-17-19(23(32)15(18)5-3-4-8-27)22(31)14-7-6-13(36-12(2)28)9-16(14)21(17)30/h6-7,9-11,20,24-27,29,32-34H,3-5,8H2,1-2H3/t11-,20-,24-,25-,26-/m1/s1. The molecular formula is C26H28O11. The molecule has 4 rings (SSSR count). The lowest BCUT2D eigenvalue weighted by Gasteiger charge is -2.39. The normalized spacial score (nSPS) is 24.9. The Hall–Kier alpha value is -3.35. The lowest BCUT2D eigenvalue weighted by molar-refractivity contribution is -0.268. The van der Waals surface area contributed by atoms with E-state index in [1.165, 1.54) is 38.1 Å². The van der Waals surface area contributed by atoms with Gasteiger partial charge in [0.25, 0.3) is 0 Å². The molecule has 2 aromatic carbocycles. The third kappa shape index (κ3) is 4.96. The number of carbonyl (C=O) groups excluding carboxylic acids is 3. The molecule has 11 nitrogen and oxygen atoms in total. The van der Waals surface area contributed by atoms with Gasteiger partial charge in [0.05, 0.1) is 11.7 Å². The van der Waals surface area contributed by atoms with Crippen molar-refractivity contribution in [3.8, 4) is 17.2 Å². The molecule has 0 bridgehead atoms. The summed E-state index contributed by atoms with van der Waals surface area (Å²) < 4.78 is 16.3. The predicted molar refractivity (Wildman–Crippen MR) is 126 cm³/mol. The summed E-state index contributed by atoms with van der Waals surface area (Å²) in [6.45, 7) is 2.56. The maximum absolute atomic E-state index is 13.4. The van der Waals surface area contributed by atoms with Crippen LogP contribution in [0.5, 0.6) is 17.2 Å². The Morgan fingerprint density at radius 2 is 1.70 bits per heavy atom. The first-order chi connectivity index (χ1) is 17.5. The van der Waals surface area contributed by atoms with Crippen LogP contribution in [0.2, 0.25) is 0 Å². The van der Waals surface area contributed by atoms with Crippen LogP contribution < -0.4 is 9.47 Å². The van der Waals surface area contributed by atoms with E-state index in [0.717, 1.165) is 0 Å². The molecule has 0 saturated carbocycles. The van der Waals surface area contributed by atoms with Crippen molar-refractivity contribution in [1.82, 2.24) is 0 Å². The number of hydrogen-bond donors (Lipinski definition) is 5. The molecule has 1 aliphatic heterocycles. The van der Waals surface area contributed by atoms with E-state index in [4.69, 9.17) is 14.2 Å². The number of ether oxygens (including phenoxy) is 3. The number of aromatic hydroxyl groups is 1. The molecule has 0 spiro atoms. The van der Waals surface area contributed by atoms with Crippen molar-refractivity contribution in [3.63, 3.8) is 0 Å². The summed E-state index contributed by atoms with van der Waals surface area (Å²) in [5, 5.41) is 50.9. The number of hydrogen-bond acceptors (Lipinski definition) is 11. The molecule has 1 saturated heterocycles. The van der Waals surface area contributed by atoms with E-state index in [-0.39, 0.29) is 52.3 Å². The monoisotopic (exact) mass is 516 g/mol. The molecule has 198 valence electrons. The fourth-order valence-electron chi connectivity index (χ4n) is 4.51. The number of unbranched alkanes of at least 4 members (excludes halogenated alkanes) is 1. The Labute approximate surface area is 211 Å². The Bertz CT molecular complexity index is 1240. The van der Waals surface area contributed by atoms with Crippen LogP contribution in [0.15, 0.2) is 24.3 Å². The number of aliphatic hydroxyl groups is 4. The van der Waals surface area contributed by atoms with Crippen molar-refractivity contribution in [3.05, 3.63) is 52.1 Å². The lowest BCUT2D eigenvalue weighted by atomic mass is 9.81. The number of ketones is 2. The summed E-state index contributed by atoms with van der Waals surface area (Å²) in [5.74, 6) is -2.35. The summed E-state index contributed by atoms with van der Waals surface area (Å²) in [4.78, 5) is 38.1. The van der Waals surface area contributed by atoms with Gasteiger partial charge in [0.2, 0.25) is 6.29 Å². The Balaban J connectivity index is 1.79. The van der Waals surface area contributed by atoms with E-state index < -0.39 is 54.0 Å². The summed E-state index contributed by atoms with van der Waals surface area (Å²) in [6.07, 6.45) is -6.02. The quantitative estimate of drug-likeness (QED) is 0.169. The molecule has 1 heterocycles. The molecule has 11 heteroatoms. The van der Waals surface area contributed by atoms with Crippen LogP contribution in [-0.2, 0) is 16.0 Å². The van der Waals surface area contributed by atoms with Gasteiger partial charge in [-0.25, -0.2) is 0 Å². The molecule has 2 aromatic rings. The van der Waals surface area contributed by atoms with Gasteiger partial charge in [0.15, 0.2) is 11.6 Å². The minimum absolute atomic E-state index is 0.0237. The van der Waals surface area contributed by atoms with Gasteiger partial charge in [-0.2, -0.15) is 0 Å². The predicted octanol–water partition coefficient (Wildman–Crippen LogP) is 0.614. The van der Waals surface area contributed by atoms with Gasteiger partial charge in [-0.05, 0) is 50.5 Å². The van der Waals surface area contributed by atoms with E-state index >= 15 is 0 Å². The van der Waals surface area contributed by atoms with Crippen molar-refractivity contribution < 1.29 is 54.1 Å². The number of phenols is 1. The van der Waals surface area contributed by atoms with Gasteiger partial charge >= 0.3 is 5.97 Å². The summed E-state index contributed by atoms with van der Waals surface area (Å²) in [7, 11) is 0. The number of aliphatic hydroxyl groups excluding tert-OH is 4. The van der Waals surface area contributed by atoms with Gasteiger partial charge in [-0.15, -0.1) is 0 Å².